The van der Waals surface area contributed by atoms with Crippen molar-refractivity contribution in [3.05, 3.63) is 0 Å². The predicted molar refractivity (Wildman–Crippen MR) is 75.4 cm³/mol. The number of likely N-dealkylation sites (N-methyl/N-ethyl adjacent to an activating group) is 1. The molecule has 4 heteroatoms. The van der Waals surface area contributed by atoms with Crippen LogP contribution >= 0.6 is 0 Å². The molecule has 0 amide bonds. The fourth-order valence-corrected chi connectivity index (χ4v) is 4.08. The van der Waals surface area contributed by atoms with Crippen molar-refractivity contribution >= 4 is 0 Å². The Balaban J connectivity index is 1.64. The summed E-state index contributed by atoms with van der Waals surface area (Å²) in [5, 5.41) is 3.55. The van der Waals surface area contributed by atoms with E-state index in [-0.39, 0.29) is 5.60 Å². The first kappa shape index (κ1) is 13.8. The van der Waals surface area contributed by atoms with Gasteiger partial charge in [-0.15, -0.1) is 0 Å². The molecule has 1 spiro atoms. The third-order valence-corrected chi connectivity index (χ3v) is 5.11. The lowest BCUT2D eigenvalue weighted by Gasteiger charge is -2.45. The molecule has 3 unspecified atom stereocenters. The molecule has 0 saturated carbocycles. The Morgan fingerprint density at radius 3 is 2.89 bits per heavy atom. The Morgan fingerprint density at radius 2 is 2.21 bits per heavy atom. The van der Waals surface area contributed by atoms with Crippen LogP contribution in [0.4, 0.5) is 0 Å². The summed E-state index contributed by atoms with van der Waals surface area (Å²) in [5.41, 5.74) is 0.0401. The molecule has 3 rings (SSSR count). The molecule has 4 nitrogen and oxygen atoms in total. The Hall–Kier alpha value is -0.160. The molecular weight excluding hydrogens is 240 g/mol. The summed E-state index contributed by atoms with van der Waals surface area (Å²) in [7, 11) is 0. The second-order valence-electron chi connectivity index (χ2n) is 6.31. The molecule has 0 aliphatic carbocycles. The zero-order valence-electron chi connectivity index (χ0n) is 12.2. The Bertz CT molecular complexity index is 286. The smallest absolute Gasteiger partial charge is 0.0951 e. The van der Waals surface area contributed by atoms with Crippen molar-refractivity contribution in [1.29, 1.82) is 0 Å². The lowest BCUT2D eigenvalue weighted by molar-refractivity contribution is -0.111. The summed E-state index contributed by atoms with van der Waals surface area (Å²) >= 11 is 0. The molecular formula is C15H28N2O2. The maximum Gasteiger partial charge on any atom is 0.0951 e. The van der Waals surface area contributed by atoms with Crippen molar-refractivity contribution in [3.63, 3.8) is 0 Å². The minimum absolute atomic E-state index is 0.0401. The largest absolute Gasteiger partial charge is 0.378 e. The average molecular weight is 268 g/mol. The van der Waals surface area contributed by atoms with Gasteiger partial charge in [0.05, 0.1) is 12.2 Å². The fourth-order valence-electron chi connectivity index (χ4n) is 4.08. The van der Waals surface area contributed by atoms with Gasteiger partial charge in [0.25, 0.3) is 0 Å². The second-order valence-corrected chi connectivity index (χ2v) is 6.31. The summed E-state index contributed by atoms with van der Waals surface area (Å²) in [6, 6.07) is 1.41. The molecule has 0 bridgehead atoms. The van der Waals surface area contributed by atoms with Crippen LogP contribution in [-0.2, 0) is 9.47 Å². The van der Waals surface area contributed by atoms with Crippen LogP contribution in [0, 0.1) is 0 Å². The normalized spacial score (nSPS) is 40.1. The van der Waals surface area contributed by atoms with E-state index in [0.717, 1.165) is 51.8 Å². The highest BCUT2D eigenvalue weighted by atomic mass is 16.6. The molecule has 19 heavy (non-hydrogen) atoms. The van der Waals surface area contributed by atoms with Crippen molar-refractivity contribution in [2.45, 2.75) is 56.7 Å². The molecule has 3 atom stereocenters. The van der Waals surface area contributed by atoms with E-state index in [2.05, 4.69) is 17.1 Å². The molecule has 0 aromatic rings. The van der Waals surface area contributed by atoms with E-state index in [1.54, 1.807) is 0 Å². The number of hydrogen-bond donors (Lipinski definition) is 1. The first-order valence-corrected chi connectivity index (χ1v) is 8.01. The zero-order valence-corrected chi connectivity index (χ0v) is 12.2. The van der Waals surface area contributed by atoms with Gasteiger partial charge in [0.1, 0.15) is 0 Å². The Labute approximate surface area is 116 Å². The van der Waals surface area contributed by atoms with E-state index in [1.165, 1.54) is 25.8 Å². The summed E-state index contributed by atoms with van der Waals surface area (Å²) in [4.78, 5) is 2.73. The second kappa shape index (κ2) is 6.08. The van der Waals surface area contributed by atoms with Gasteiger partial charge in [-0.1, -0.05) is 6.92 Å². The first-order chi connectivity index (χ1) is 9.33. The van der Waals surface area contributed by atoms with Gasteiger partial charge >= 0.3 is 0 Å². The van der Waals surface area contributed by atoms with Crippen LogP contribution in [0.5, 0.6) is 0 Å². The molecule has 3 saturated heterocycles. The predicted octanol–water partition coefficient (Wildman–Crippen LogP) is 1.40. The monoisotopic (exact) mass is 268 g/mol. The van der Waals surface area contributed by atoms with Gasteiger partial charge in [-0.3, -0.25) is 4.90 Å². The van der Waals surface area contributed by atoms with Gasteiger partial charge in [-0.25, -0.2) is 0 Å². The van der Waals surface area contributed by atoms with Crippen LogP contribution in [0.3, 0.4) is 0 Å². The number of ether oxygens (including phenoxy) is 2. The average Bonchev–Trinajstić information content (AvgIpc) is 2.89. The van der Waals surface area contributed by atoms with E-state index in [0.29, 0.717) is 6.04 Å². The van der Waals surface area contributed by atoms with Gasteiger partial charge < -0.3 is 14.8 Å². The van der Waals surface area contributed by atoms with Crippen LogP contribution < -0.4 is 5.32 Å². The molecule has 3 fully saturated rings. The molecule has 1 N–H and O–H groups in total. The summed E-state index contributed by atoms with van der Waals surface area (Å²) in [6.07, 6.45) is 6.10. The molecule has 3 heterocycles. The lowest BCUT2D eigenvalue weighted by atomic mass is 9.87. The highest BCUT2D eigenvalue weighted by Gasteiger charge is 2.43. The fraction of sp³-hybridized carbons (Fsp3) is 1.00. The van der Waals surface area contributed by atoms with Crippen molar-refractivity contribution in [2.24, 2.45) is 0 Å². The van der Waals surface area contributed by atoms with Gasteiger partial charge in [0.2, 0.25) is 0 Å². The van der Waals surface area contributed by atoms with Gasteiger partial charge in [-0.05, 0) is 38.8 Å². The quantitative estimate of drug-likeness (QED) is 0.839. The van der Waals surface area contributed by atoms with Crippen molar-refractivity contribution in [3.8, 4) is 0 Å². The third kappa shape index (κ3) is 2.97. The summed E-state index contributed by atoms with van der Waals surface area (Å²) < 4.78 is 11.7. The van der Waals surface area contributed by atoms with Crippen molar-refractivity contribution in [2.75, 3.05) is 39.5 Å². The van der Waals surface area contributed by atoms with Crippen LogP contribution in [0.15, 0.2) is 0 Å². The third-order valence-electron chi connectivity index (χ3n) is 5.11. The SMILES string of the molecule is CCN(C1CCCNC1)C1CCOC2(CCOC2)C1. The molecule has 0 aromatic carbocycles. The number of hydrogen-bond acceptors (Lipinski definition) is 4. The van der Waals surface area contributed by atoms with E-state index < -0.39 is 0 Å². The number of nitrogens with zero attached hydrogens (tertiary/aromatic N) is 1. The molecule has 110 valence electrons. The standard InChI is InChI=1S/C15H28N2O2/c1-2-17(14-4-3-7-16-11-14)13-5-8-19-15(10-13)6-9-18-12-15/h13-14,16H,2-12H2,1H3. The lowest BCUT2D eigenvalue weighted by Crippen LogP contribution is -2.55. The minimum atomic E-state index is 0.0401. The molecule has 0 aromatic heterocycles. The Morgan fingerprint density at radius 1 is 1.26 bits per heavy atom. The van der Waals surface area contributed by atoms with E-state index >= 15 is 0 Å². The molecule has 3 aliphatic heterocycles. The molecule has 0 radical (unpaired) electrons. The van der Waals surface area contributed by atoms with Gasteiger partial charge in [0, 0.05) is 38.3 Å². The molecule has 3 aliphatic rings. The topological polar surface area (TPSA) is 33.7 Å². The van der Waals surface area contributed by atoms with E-state index in [1.807, 2.05) is 0 Å². The highest BCUT2D eigenvalue weighted by molar-refractivity contribution is 4.95. The van der Waals surface area contributed by atoms with Crippen molar-refractivity contribution in [1.82, 2.24) is 10.2 Å². The number of piperidine rings is 1. The van der Waals surface area contributed by atoms with Crippen molar-refractivity contribution < 1.29 is 9.47 Å². The first-order valence-electron chi connectivity index (χ1n) is 8.01. The van der Waals surface area contributed by atoms with Crippen LogP contribution in [-0.4, -0.2) is 62.0 Å². The van der Waals surface area contributed by atoms with Crippen LogP contribution in [0.1, 0.15) is 39.0 Å². The maximum atomic E-state index is 6.07. The van der Waals surface area contributed by atoms with Crippen LogP contribution in [0.2, 0.25) is 0 Å². The van der Waals surface area contributed by atoms with E-state index in [4.69, 9.17) is 9.47 Å². The highest BCUT2D eigenvalue weighted by Crippen LogP contribution is 2.35. The minimum Gasteiger partial charge on any atom is -0.378 e. The van der Waals surface area contributed by atoms with Gasteiger partial charge in [0.15, 0.2) is 0 Å². The number of rotatable bonds is 3. The van der Waals surface area contributed by atoms with Crippen LogP contribution in [0.25, 0.3) is 0 Å². The van der Waals surface area contributed by atoms with E-state index in [9.17, 15) is 0 Å². The Kier molecular flexibility index (Phi) is 4.42. The zero-order chi connectivity index (χ0) is 13.1. The number of nitrogens with one attached hydrogen (secondary N) is 1. The summed E-state index contributed by atoms with van der Waals surface area (Å²) in [5.74, 6) is 0. The van der Waals surface area contributed by atoms with Gasteiger partial charge in [-0.2, -0.15) is 0 Å². The summed E-state index contributed by atoms with van der Waals surface area (Å²) in [6.45, 7) is 8.42. The maximum absolute atomic E-state index is 6.07.